The van der Waals surface area contributed by atoms with Crippen LogP contribution in [-0.4, -0.2) is 47.5 Å². The average molecular weight is 490 g/mol. The molecule has 3 rings (SSSR count). The Morgan fingerprint density at radius 1 is 1.03 bits per heavy atom. The van der Waals surface area contributed by atoms with E-state index >= 15 is 0 Å². The number of carbonyl (C=O) groups is 1. The van der Waals surface area contributed by atoms with Crippen LogP contribution in [0.4, 0.5) is 5.69 Å². The number of methoxy groups -OCH3 is 1. The summed E-state index contributed by atoms with van der Waals surface area (Å²) in [5.41, 5.74) is 1.39. The molecule has 2 aromatic carbocycles. The van der Waals surface area contributed by atoms with Crippen molar-refractivity contribution >= 4 is 33.4 Å². The number of carbonyl (C=O) groups excluding carboxylic acids is 1. The molecular formula is C22H27N5O4S2. The normalized spacial score (nSPS) is 12.5. The van der Waals surface area contributed by atoms with Crippen molar-refractivity contribution in [1.82, 2.24) is 19.5 Å². The maximum Gasteiger partial charge on any atom is 0.240 e. The largest absolute Gasteiger partial charge is 0.497 e. The highest BCUT2D eigenvalue weighted by Crippen LogP contribution is 2.27. The van der Waals surface area contributed by atoms with Crippen molar-refractivity contribution in [3.63, 3.8) is 0 Å². The Balaban J connectivity index is 1.65. The highest BCUT2D eigenvalue weighted by atomic mass is 32.2. The first kappa shape index (κ1) is 24.7. The molecule has 0 aliphatic rings. The van der Waals surface area contributed by atoms with Gasteiger partial charge in [0.15, 0.2) is 11.0 Å². The van der Waals surface area contributed by atoms with Crippen molar-refractivity contribution in [1.29, 1.82) is 0 Å². The van der Waals surface area contributed by atoms with E-state index < -0.39 is 15.3 Å². The van der Waals surface area contributed by atoms with Crippen LogP contribution in [0.5, 0.6) is 5.75 Å². The first-order valence-corrected chi connectivity index (χ1v) is 12.6. The van der Waals surface area contributed by atoms with Crippen molar-refractivity contribution in [3.8, 4) is 17.1 Å². The predicted molar refractivity (Wildman–Crippen MR) is 129 cm³/mol. The van der Waals surface area contributed by atoms with E-state index in [-0.39, 0.29) is 16.8 Å². The lowest BCUT2D eigenvalue weighted by Gasteiger charge is -2.13. The van der Waals surface area contributed by atoms with E-state index in [2.05, 4.69) is 20.2 Å². The SMILES string of the molecule is COc1ccc(-c2nnc(S[C@H](C)C(=O)Nc3ccc(S(=O)(=O)NC(C)C)cc3)n2C)cc1. The van der Waals surface area contributed by atoms with Gasteiger partial charge in [0.25, 0.3) is 0 Å². The molecule has 1 atom stereocenters. The molecule has 11 heteroatoms. The van der Waals surface area contributed by atoms with Crippen molar-refractivity contribution in [2.24, 2.45) is 7.05 Å². The van der Waals surface area contributed by atoms with Crippen molar-refractivity contribution < 1.29 is 17.9 Å². The van der Waals surface area contributed by atoms with Gasteiger partial charge in [-0.05, 0) is 69.3 Å². The quantitative estimate of drug-likeness (QED) is 0.443. The number of rotatable bonds is 9. The summed E-state index contributed by atoms with van der Waals surface area (Å²) in [5, 5.41) is 11.4. The lowest BCUT2D eigenvalue weighted by Crippen LogP contribution is -2.30. The molecule has 2 N–H and O–H groups in total. The minimum absolute atomic E-state index is 0.141. The number of aromatic nitrogens is 3. The zero-order valence-electron chi connectivity index (χ0n) is 19.1. The van der Waals surface area contributed by atoms with Gasteiger partial charge in [-0.2, -0.15) is 0 Å². The second kappa shape index (κ2) is 10.4. The second-order valence-electron chi connectivity index (χ2n) is 7.64. The standard InChI is InChI=1S/C22H27N5O4S2/c1-14(2)26-33(29,30)19-12-8-17(9-13-19)23-21(28)15(3)32-22-25-24-20(27(22)4)16-6-10-18(31-5)11-7-16/h6-15,26H,1-5H3,(H,23,28)/t15-/m1/s1. The predicted octanol–water partition coefficient (Wildman–Crippen LogP) is 3.30. The molecule has 0 radical (unpaired) electrons. The average Bonchev–Trinajstić information content (AvgIpc) is 3.13. The topological polar surface area (TPSA) is 115 Å². The van der Waals surface area contributed by atoms with Gasteiger partial charge in [-0.25, -0.2) is 13.1 Å². The van der Waals surface area contributed by atoms with Crippen LogP contribution in [0.1, 0.15) is 20.8 Å². The molecule has 0 bridgehead atoms. The highest BCUT2D eigenvalue weighted by Gasteiger charge is 2.20. The molecule has 1 aromatic heterocycles. The molecule has 33 heavy (non-hydrogen) atoms. The molecule has 0 spiro atoms. The van der Waals surface area contributed by atoms with E-state index in [4.69, 9.17) is 4.74 Å². The minimum atomic E-state index is -3.58. The molecule has 3 aromatic rings. The third-order valence-corrected chi connectivity index (χ3v) is 7.47. The van der Waals surface area contributed by atoms with Crippen LogP contribution in [0.3, 0.4) is 0 Å². The number of nitrogens with zero attached hydrogens (tertiary/aromatic N) is 3. The van der Waals surface area contributed by atoms with Crippen molar-refractivity contribution in [2.45, 2.75) is 42.1 Å². The molecule has 176 valence electrons. The third kappa shape index (κ3) is 6.12. The zero-order chi connectivity index (χ0) is 24.2. The number of amides is 1. The van der Waals surface area contributed by atoms with Crippen LogP contribution >= 0.6 is 11.8 Å². The van der Waals surface area contributed by atoms with Gasteiger partial charge in [0.2, 0.25) is 15.9 Å². The Bertz CT molecular complexity index is 1210. The lowest BCUT2D eigenvalue weighted by molar-refractivity contribution is -0.115. The first-order valence-electron chi connectivity index (χ1n) is 10.2. The van der Waals surface area contributed by atoms with Gasteiger partial charge in [-0.1, -0.05) is 11.8 Å². The van der Waals surface area contributed by atoms with Gasteiger partial charge in [-0.3, -0.25) is 4.79 Å². The smallest absolute Gasteiger partial charge is 0.240 e. The summed E-state index contributed by atoms with van der Waals surface area (Å²) in [4.78, 5) is 12.8. The monoisotopic (exact) mass is 489 g/mol. The Morgan fingerprint density at radius 2 is 1.67 bits per heavy atom. The first-order chi connectivity index (χ1) is 15.6. The summed E-state index contributed by atoms with van der Waals surface area (Å²) >= 11 is 1.28. The number of hydrogen-bond acceptors (Lipinski definition) is 7. The van der Waals surface area contributed by atoms with E-state index in [0.29, 0.717) is 16.7 Å². The van der Waals surface area contributed by atoms with E-state index in [1.807, 2.05) is 35.9 Å². The molecule has 0 saturated heterocycles. The second-order valence-corrected chi connectivity index (χ2v) is 10.7. The molecule has 0 aliphatic heterocycles. The Kier molecular flexibility index (Phi) is 7.77. The van der Waals surface area contributed by atoms with Crippen LogP contribution in [0, 0.1) is 0 Å². The van der Waals surface area contributed by atoms with Crippen LogP contribution < -0.4 is 14.8 Å². The van der Waals surface area contributed by atoms with Crippen LogP contribution in [0.2, 0.25) is 0 Å². The number of hydrogen-bond donors (Lipinski definition) is 2. The van der Waals surface area contributed by atoms with Crippen LogP contribution in [-0.2, 0) is 21.9 Å². The fourth-order valence-electron chi connectivity index (χ4n) is 2.96. The summed E-state index contributed by atoms with van der Waals surface area (Å²) in [5.74, 6) is 1.20. The molecule has 1 heterocycles. The summed E-state index contributed by atoms with van der Waals surface area (Å²) in [6.45, 7) is 5.28. The summed E-state index contributed by atoms with van der Waals surface area (Å²) in [6, 6.07) is 13.3. The number of anilines is 1. The van der Waals surface area contributed by atoms with E-state index in [1.165, 1.54) is 23.9 Å². The maximum atomic E-state index is 12.7. The maximum absolute atomic E-state index is 12.7. The third-order valence-electron chi connectivity index (χ3n) is 4.66. The molecular weight excluding hydrogens is 462 g/mol. The van der Waals surface area contributed by atoms with Crippen LogP contribution in [0.25, 0.3) is 11.4 Å². The van der Waals surface area contributed by atoms with Crippen LogP contribution in [0.15, 0.2) is 58.6 Å². The van der Waals surface area contributed by atoms with Gasteiger partial charge >= 0.3 is 0 Å². The van der Waals surface area contributed by atoms with Gasteiger partial charge < -0.3 is 14.6 Å². The fourth-order valence-corrected chi connectivity index (χ4v) is 5.03. The molecule has 0 fully saturated rings. The number of ether oxygens (including phenoxy) is 1. The van der Waals surface area contributed by atoms with Crippen molar-refractivity contribution in [3.05, 3.63) is 48.5 Å². The summed E-state index contributed by atoms with van der Waals surface area (Å²) in [7, 11) is -0.129. The molecule has 1 amide bonds. The van der Waals surface area contributed by atoms with Crippen molar-refractivity contribution in [2.75, 3.05) is 12.4 Å². The summed E-state index contributed by atoms with van der Waals surface area (Å²) in [6.07, 6.45) is 0. The minimum Gasteiger partial charge on any atom is -0.497 e. The molecule has 0 saturated carbocycles. The van der Waals surface area contributed by atoms with Gasteiger partial charge in [0.1, 0.15) is 5.75 Å². The number of nitrogens with one attached hydrogen (secondary N) is 2. The zero-order valence-corrected chi connectivity index (χ0v) is 20.7. The number of thioether (sulfide) groups is 1. The van der Waals surface area contributed by atoms with Gasteiger partial charge in [-0.15, -0.1) is 10.2 Å². The van der Waals surface area contributed by atoms with Gasteiger partial charge in [0, 0.05) is 24.3 Å². The highest BCUT2D eigenvalue weighted by molar-refractivity contribution is 8.00. The lowest BCUT2D eigenvalue weighted by atomic mass is 10.2. The molecule has 0 aliphatic carbocycles. The Labute approximate surface area is 198 Å². The van der Waals surface area contributed by atoms with E-state index in [0.717, 1.165) is 11.3 Å². The number of sulfonamides is 1. The number of benzene rings is 2. The fraction of sp³-hybridized carbons (Fsp3) is 0.318. The van der Waals surface area contributed by atoms with E-state index in [1.54, 1.807) is 40.0 Å². The van der Waals surface area contributed by atoms with E-state index in [9.17, 15) is 13.2 Å². The Hall–Kier alpha value is -2.89. The molecule has 9 nitrogen and oxygen atoms in total. The van der Waals surface area contributed by atoms with Gasteiger partial charge in [0.05, 0.1) is 17.3 Å². The molecule has 0 unspecified atom stereocenters. The summed E-state index contributed by atoms with van der Waals surface area (Å²) < 4.78 is 34.0. The Morgan fingerprint density at radius 3 is 2.24 bits per heavy atom.